The van der Waals surface area contributed by atoms with Gasteiger partial charge in [0.1, 0.15) is 11.6 Å². The Bertz CT molecular complexity index is 1390. The maximum atomic E-state index is 12.2. The average Bonchev–Trinajstić information content (AvgIpc) is 3.16. The first kappa shape index (κ1) is 20.0. The van der Waals surface area contributed by atoms with Crippen LogP contribution in [-0.4, -0.2) is 32.5 Å². The first-order valence-corrected chi connectivity index (χ1v) is 9.60. The van der Waals surface area contributed by atoms with Crippen LogP contribution in [0.4, 0.5) is 0 Å². The third-order valence-corrected chi connectivity index (χ3v) is 5.07. The number of nitrogens with two attached hydrogens (primary N) is 1. The van der Waals surface area contributed by atoms with E-state index in [1.807, 2.05) is 22.6 Å². The van der Waals surface area contributed by atoms with Crippen LogP contribution in [0.2, 0.25) is 0 Å². The molecule has 31 heavy (non-hydrogen) atoms. The van der Waals surface area contributed by atoms with E-state index in [4.69, 9.17) is 15.7 Å². The molecule has 0 aliphatic heterocycles. The summed E-state index contributed by atoms with van der Waals surface area (Å²) in [5.74, 6) is 1.08. The number of hydrogen-bond acceptors (Lipinski definition) is 7. The Labute approximate surface area is 178 Å². The van der Waals surface area contributed by atoms with Gasteiger partial charge in [0.2, 0.25) is 0 Å². The highest BCUT2D eigenvalue weighted by Gasteiger charge is 2.19. The highest BCUT2D eigenvalue weighted by Crippen LogP contribution is 2.32. The smallest absolute Gasteiger partial charge is 0.179 e. The molecule has 8 nitrogen and oxygen atoms in total. The van der Waals surface area contributed by atoms with Crippen molar-refractivity contribution in [3.63, 3.8) is 0 Å². The van der Waals surface area contributed by atoms with E-state index >= 15 is 0 Å². The molecule has 0 bridgehead atoms. The van der Waals surface area contributed by atoms with E-state index in [-0.39, 0.29) is 5.78 Å². The predicted octanol–water partition coefficient (Wildman–Crippen LogP) is 3.03. The summed E-state index contributed by atoms with van der Waals surface area (Å²) in [6.07, 6.45) is 2.16. The zero-order chi connectivity index (χ0) is 22.1. The van der Waals surface area contributed by atoms with Crippen molar-refractivity contribution in [2.75, 3.05) is 7.11 Å². The molecule has 0 amide bonds. The number of nitriles is 1. The molecule has 0 atom stereocenters. The summed E-state index contributed by atoms with van der Waals surface area (Å²) < 4.78 is 7.51. The van der Waals surface area contributed by atoms with Gasteiger partial charge in [-0.1, -0.05) is 12.1 Å². The maximum Gasteiger partial charge on any atom is 0.179 e. The Morgan fingerprint density at radius 3 is 2.55 bits per heavy atom. The summed E-state index contributed by atoms with van der Waals surface area (Å²) in [5.41, 5.74) is 11.0. The monoisotopic (exact) mass is 412 g/mol. The number of Topliss-reactive ketones (excluding diaryl/α,β-unsaturated/α-hetero) is 1. The topological polar surface area (TPSA) is 119 Å². The zero-order valence-electron chi connectivity index (χ0n) is 17.4. The van der Waals surface area contributed by atoms with Crippen LogP contribution in [0.1, 0.15) is 36.4 Å². The average molecular weight is 412 g/mol. The number of hydrogen-bond donors (Lipinski definition) is 1. The minimum atomic E-state index is -0.149. The Balaban J connectivity index is 1.91. The van der Waals surface area contributed by atoms with E-state index in [0.29, 0.717) is 45.7 Å². The predicted molar refractivity (Wildman–Crippen MR) is 116 cm³/mol. The van der Waals surface area contributed by atoms with E-state index in [1.165, 1.54) is 6.92 Å². The van der Waals surface area contributed by atoms with Crippen LogP contribution in [0.3, 0.4) is 0 Å². The van der Waals surface area contributed by atoms with Crippen molar-refractivity contribution >= 4 is 28.0 Å². The largest absolute Gasteiger partial charge is 0.496 e. The van der Waals surface area contributed by atoms with Crippen LogP contribution < -0.4 is 10.5 Å². The standard InChI is InChI=1S/C23H20N6O2/c1-13(25)23(14(2)30)17-9-18-19(10-20(17)31-3)29-21(27-28-22(29)12-26-18)8-15-4-6-16(11-24)7-5-15/h4-7,9-10,12H,8,25H2,1-3H3. The van der Waals surface area contributed by atoms with Crippen molar-refractivity contribution < 1.29 is 9.53 Å². The van der Waals surface area contributed by atoms with Crippen LogP contribution in [0.5, 0.6) is 5.75 Å². The Kier molecular flexibility index (Phi) is 5.09. The molecule has 2 heterocycles. The third kappa shape index (κ3) is 3.57. The van der Waals surface area contributed by atoms with Crippen molar-refractivity contribution in [2.24, 2.45) is 5.73 Å². The fourth-order valence-electron chi connectivity index (χ4n) is 3.68. The molecule has 0 saturated carbocycles. The number of aromatic nitrogens is 4. The molecule has 0 unspecified atom stereocenters. The van der Waals surface area contributed by atoms with Gasteiger partial charge in [-0.25, -0.2) is 0 Å². The minimum absolute atomic E-state index is 0.149. The fraction of sp³-hybridized carbons (Fsp3) is 0.174. The molecule has 4 rings (SSSR count). The van der Waals surface area contributed by atoms with Crippen molar-refractivity contribution in [2.45, 2.75) is 20.3 Å². The second-order valence-corrected chi connectivity index (χ2v) is 7.21. The molecular formula is C23H20N6O2. The second-order valence-electron chi connectivity index (χ2n) is 7.21. The number of allylic oxidation sites excluding steroid dienone is 2. The van der Waals surface area contributed by atoms with Gasteiger partial charge in [0.15, 0.2) is 11.4 Å². The first-order chi connectivity index (χ1) is 14.9. The molecule has 2 aromatic heterocycles. The third-order valence-electron chi connectivity index (χ3n) is 5.07. The molecule has 0 aliphatic rings. The van der Waals surface area contributed by atoms with Gasteiger partial charge in [-0.3, -0.25) is 14.2 Å². The normalized spacial score (nSPS) is 11.9. The summed E-state index contributed by atoms with van der Waals surface area (Å²) in [6.45, 7) is 3.16. The van der Waals surface area contributed by atoms with Gasteiger partial charge < -0.3 is 10.5 Å². The Hall–Kier alpha value is -4.25. The van der Waals surface area contributed by atoms with Gasteiger partial charge in [-0.2, -0.15) is 5.26 Å². The van der Waals surface area contributed by atoms with E-state index in [2.05, 4.69) is 21.3 Å². The lowest BCUT2D eigenvalue weighted by Crippen LogP contribution is -2.07. The van der Waals surface area contributed by atoms with Crippen LogP contribution >= 0.6 is 0 Å². The second kappa shape index (κ2) is 7.88. The Morgan fingerprint density at radius 1 is 1.19 bits per heavy atom. The van der Waals surface area contributed by atoms with Crippen molar-refractivity contribution in [1.29, 1.82) is 5.26 Å². The summed E-state index contributed by atoms with van der Waals surface area (Å²) in [7, 11) is 1.55. The van der Waals surface area contributed by atoms with E-state index in [1.54, 1.807) is 38.4 Å². The summed E-state index contributed by atoms with van der Waals surface area (Å²) >= 11 is 0. The molecule has 154 valence electrons. The number of benzene rings is 2. The van der Waals surface area contributed by atoms with Crippen molar-refractivity contribution in [1.82, 2.24) is 19.6 Å². The summed E-state index contributed by atoms with van der Waals surface area (Å²) in [4.78, 5) is 16.7. The number of carbonyl (C=O) groups is 1. The number of ketones is 1. The number of carbonyl (C=O) groups excluding carboxylic acids is 1. The molecule has 0 saturated heterocycles. The lowest BCUT2D eigenvalue weighted by molar-refractivity contribution is -0.111. The maximum absolute atomic E-state index is 12.2. The molecule has 0 spiro atoms. The van der Waals surface area contributed by atoms with E-state index < -0.39 is 0 Å². The van der Waals surface area contributed by atoms with Crippen molar-refractivity contribution in [3.8, 4) is 11.8 Å². The molecule has 2 N–H and O–H groups in total. The minimum Gasteiger partial charge on any atom is -0.496 e. The van der Waals surface area contributed by atoms with E-state index in [0.717, 1.165) is 16.9 Å². The van der Waals surface area contributed by atoms with Gasteiger partial charge >= 0.3 is 0 Å². The summed E-state index contributed by atoms with van der Waals surface area (Å²) in [5, 5.41) is 17.6. The fourth-order valence-corrected chi connectivity index (χ4v) is 3.68. The lowest BCUT2D eigenvalue weighted by Gasteiger charge is -2.14. The first-order valence-electron chi connectivity index (χ1n) is 9.60. The number of fused-ring (bicyclic) bond motifs is 3. The summed E-state index contributed by atoms with van der Waals surface area (Å²) in [6, 6.07) is 13.1. The number of ether oxygens (including phenoxy) is 1. The zero-order valence-corrected chi connectivity index (χ0v) is 17.4. The SMILES string of the molecule is COc1cc2c(cc1C(C(C)=O)=C(C)N)ncc1nnc(Cc3ccc(C#N)cc3)n12. The molecular weight excluding hydrogens is 392 g/mol. The number of rotatable bonds is 5. The van der Waals surface area contributed by atoms with Gasteiger partial charge in [0.05, 0.1) is 36.0 Å². The molecule has 0 fully saturated rings. The van der Waals surface area contributed by atoms with Crippen LogP contribution in [0.15, 0.2) is 48.3 Å². The molecule has 2 aromatic carbocycles. The molecule has 0 aliphatic carbocycles. The highest BCUT2D eigenvalue weighted by atomic mass is 16.5. The van der Waals surface area contributed by atoms with Crippen LogP contribution in [-0.2, 0) is 11.2 Å². The van der Waals surface area contributed by atoms with Gasteiger partial charge in [0.25, 0.3) is 0 Å². The van der Waals surface area contributed by atoms with Crippen molar-refractivity contribution in [3.05, 3.63) is 70.8 Å². The van der Waals surface area contributed by atoms with Crippen LogP contribution in [0, 0.1) is 11.3 Å². The Morgan fingerprint density at radius 2 is 1.94 bits per heavy atom. The molecule has 8 heteroatoms. The van der Waals surface area contributed by atoms with Gasteiger partial charge in [-0.05, 0) is 37.6 Å². The van der Waals surface area contributed by atoms with Gasteiger partial charge in [0, 0.05) is 29.3 Å². The van der Waals surface area contributed by atoms with E-state index in [9.17, 15) is 4.79 Å². The quantitative estimate of drug-likeness (QED) is 0.500. The number of nitrogens with zero attached hydrogens (tertiary/aromatic N) is 5. The van der Waals surface area contributed by atoms with Crippen LogP contribution in [0.25, 0.3) is 22.3 Å². The molecule has 0 radical (unpaired) electrons. The number of methoxy groups -OCH3 is 1. The lowest BCUT2D eigenvalue weighted by atomic mass is 9.98. The van der Waals surface area contributed by atoms with Gasteiger partial charge in [-0.15, -0.1) is 10.2 Å². The highest BCUT2D eigenvalue weighted by molar-refractivity contribution is 6.21. The molecule has 4 aromatic rings.